The van der Waals surface area contributed by atoms with E-state index in [1.807, 2.05) is 20.8 Å². The summed E-state index contributed by atoms with van der Waals surface area (Å²) in [5.41, 5.74) is 5.77. The summed E-state index contributed by atoms with van der Waals surface area (Å²) in [6, 6.07) is -0.0275. The van der Waals surface area contributed by atoms with Crippen molar-refractivity contribution in [2.24, 2.45) is 11.7 Å². The maximum absolute atomic E-state index is 11.8. The van der Waals surface area contributed by atoms with Crippen molar-refractivity contribution in [3.05, 3.63) is 0 Å². The van der Waals surface area contributed by atoms with Crippen LogP contribution in [0, 0.1) is 5.92 Å². The third-order valence-corrected chi connectivity index (χ3v) is 3.64. The Morgan fingerprint density at radius 3 is 2.89 bits per heavy atom. The molecule has 18 heavy (non-hydrogen) atoms. The Labute approximate surface area is 108 Å². The SMILES string of the molecule is CC(C)(C)OCC(=O)NC1C(N)C2CCCOC21. The van der Waals surface area contributed by atoms with Gasteiger partial charge in [0.1, 0.15) is 6.61 Å². The Hall–Kier alpha value is -0.650. The van der Waals surface area contributed by atoms with Crippen LogP contribution in [0.3, 0.4) is 0 Å². The van der Waals surface area contributed by atoms with Crippen molar-refractivity contribution in [3.8, 4) is 0 Å². The summed E-state index contributed by atoms with van der Waals surface area (Å²) in [7, 11) is 0. The van der Waals surface area contributed by atoms with E-state index in [1.165, 1.54) is 0 Å². The molecule has 1 saturated heterocycles. The zero-order valence-electron chi connectivity index (χ0n) is 11.4. The second kappa shape index (κ2) is 5.15. The molecule has 0 spiro atoms. The van der Waals surface area contributed by atoms with Crippen molar-refractivity contribution < 1.29 is 14.3 Å². The number of nitrogens with one attached hydrogen (secondary N) is 1. The van der Waals surface area contributed by atoms with Crippen LogP contribution in [-0.2, 0) is 14.3 Å². The van der Waals surface area contributed by atoms with Crippen LogP contribution in [0.25, 0.3) is 0 Å². The minimum absolute atomic E-state index is 0.0221. The Morgan fingerprint density at radius 1 is 1.50 bits per heavy atom. The summed E-state index contributed by atoms with van der Waals surface area (Å²) in [5, 5.41) is 2.92. The lowest BCUT2D eigenvalue weighted by Crippen LogP contribution is -2.72. The Bertz CT molecular complexity index is 314. The van der Waals surface area contributed by atoms with Gasteiger partial charge in [-0.1, -0.05) is 0 Å². The van der Waals surface area contributed by atoms with Gasteiger partial charge in [-0.05, 0) is 33.6 Å². The van der Waals surface area contributed by atoms with E-state index in [0.29, 0.717) is 5.92 Å². The molecule has 0 aromatic rings. The molecule has 2 rings (SSSR count). The van der Waals surface area contributed by atoms with E-state index in [4.69, 9.17) is 15.2 Å². The number of fused-ring (bicyclic) bond motifs is 1. The first-order chi connectivity index (χ1) is 8.38. The molecule has 0 bridgehead atoms. The zero-order valence-corrected chi connectivity index (χ0v) is 11.4. The van der Waals surface area contributed by atoms with Gasteiger partial charge in [-0.15, -0.1) is 0 Å². The van der Waals surface area contributed by atoms with Gasteiger partial charge in [0.05, 0.1) is 17.7 Å². The van der Waals surface area contributed by atoms with E-state index in [1.54, 1.807) is 0 Å². The monoisotopic (exact) mass is 256 g/mol. The van der Waals surface area contributed by atoms with Crippen molar-refractivity contribution in [2.75, 3.05) is 13.2 Å². The number of hydrogen-bond acceptors (Lipinski definition) is 4. The van der Waals surface area contributed by atoms with E-state index in [9.17, 15) is 4.79 Å². The molecule has 4 unspecified atom stereocenters. The second-order valence-electron chi connectivity index (χ2n) is 6.21. The summed E-state index contributed by atoms with van der Waals surface area (Å²) < 4.78 is 11.1. The fourth-order valence-electron chi connectivity index (χ4n) is 2.64. The quantitative estimate of drug-likeness (QED) is 0.767. The summed E-state index contributed by atoms with van der Waals surface area (Å²) in [6.07, 6.45) is 2.28. The van der Waals surface area contributed by atoms with Crippen molar-refractivity contribution in [2.45, 2.75) is 57.4 Å². The van der Waals surface area contributed by atoms with Crippen LogP contribution in [-0.4, -0.2) is 42.9 Å². The number of nitrogens with two attached hydrogens (primary N) is 1. The molecular weight excluding hydrogens is 232 g/mol. The predicted octanol–water partition coefficient (Wildman–Crippen LogP) is 0.422. The van der Waals surface area contributed by atoms with Gasteiger partial charge in [0.15, 0.2) is 0 Å². The normalized spacial score (nSPS) is 35.6. The van der Waals surface area contributed by atoms with Crippen molar-refractivity contribution in [1.82, 2.24) is 5.32 Å². The first-order valence-electron chi connectivity index (χ1n) is 6.69. The summed E-state index contributed by atoms with van der Waals surface area (Å²) in [5.74, 6) is 0.297. The van der Waals surface area contributed by atoms with E-state index in [2.05, 4.69) is 5.32 Å². The lowest BCUT2D eigenvalue weighted by atomic mass is 9.68. The van der Waals surface area contributed by atoms with Gasteiger partial charge in [-0.3, -0.25) is 4.79 Å². The fourth-order valence-corrected chi connectivity index (χ4v) is 2.64. The molecule has 1 aliphatic carbocycles. The van der Waals surface area contributed by atoms with Gasteiger partial charge in [0.2, 0.25) is 5.91 Å². The van der Waals surface area contributed by atoms with Crippen molar-refractivity contribution in [3.63, 3.8) is 0 Å². The number of carbonyl (C=O) groups is 1. The standard InChI is InChI=1S/C13H24N2O3/c1-13(2,3)18-7-9(16)15-11-10(14)8-5-4-6-17-12(8)11/h8,10-12H,4-7,14H2,1-3H3,(H,15,16). The maximum atomic E-state index is 11.8. The molecule has 104 valence electrons. The highest BCUT2D eigenvalue weighted by Gasteiger charge is 2.51. The molecule has 1 heterocycles. The number of amides is 1. The highest BCUT2D eigenvalue weighted by molar-refractivity contribution is 5.78. The van der Waals surface area contributed by atoms with Crippen molar-refractivity contribution in [1.29, 1.82) is 0 Å². The van der Waals surface area contributed by atoms with E-state index in [0.717, 1.165) is 19.4 Å². The van der Waals surface area contributed by atoms with Crippen molar-refractivity contribution >= 4 is 5.91 Å². The average Bonchev–Trinajstić information content (AvgIpc) is 2.32. The molecule has 0 radical (unpaired) electrons. The summed E-state index contributed by atoms with van der Waals surface area (Å²) in [4.78, 5) is 11.8. The summed E-state index contributed by atoms with van der Waals surface area (Å²) >= 11 is 0. The molecule has 1 aliphatic heterocycles. The third-order valence-electron chi connectivity index (χ3n) is 3.64. The molecule has 3 N–H and O–H groups in total. The Morgan fingerprint density at radius 2 is 2.22 bits per heavy atom. The molecule has 5 heteroatoms. The highest BCUT2D eigenvalue weighted by Crippen LogP contribution is 2.36. The Balaban J connectivity index is 1.77. The third kappa shape index (κ3) is 3.02. The fraction of sp³-hybridized carbons (Fsp3) is 0.923. The summed E-state index contributed by atoms with van der Waals surface area (Å²) in [6.45, 7) is 6.63. The molecule has 0 aromatic carbocycles. The molecular formula is C13H24N2O3. The van der Waals surface area contributed by atoms with Crippen LogP contribution >= 0.6 is 0 Å². The lowest BCUT2D eigenvalue weighted by Gasteiger charge is -2.52. The minimum Gasteiger partial charge on any atom is -0.376 e. The molecule has 1 amide bonds. The smallest absolute Gasteiger partial charge is 0.246 e. The van der Waals surface area contributed by atoms with Crippen LogP contribution < -0.4 is 11.1 Å². The number of rotatable bonds is 3. The highest BCUT2D eigenvalue weighted by atomic mass is 16.5. The first-order valence-corrected chi connectivity index (χ1v) is 6.69. The number of hydrogen-bond donors (Lipinski definition) is 2. The number of carbonyl (C=O) groups excluding carboxylic acids is 1. The van der Waals surface area contributed by atoms with Crippen LogP contribution in [0.1, 0.15) is 33.6 Å². The largest absolute Gasteiger partial charge is 0.376 e. The molecule has 2 aliphatic rings. The first kappa shape index (κ1) is 13.8. The molecule has 0 aromatic heterocycles. The van der Waals surface area contributed by atoms with E-state index < -0.39 is 0 Å². The van der Waals surface area contributed by atoms with E-state index in [-0.39, 0.29) is 36.3 Å². The van der Waals surface area contributed by atoms with Crippen LogP contribution in [0.4, 0.5) is 0 Å². The van der Waals surface area contributed by atoms with Crippen LogP contribution in [0.2, 0.25) is 0 Å². The van der Waals surface area contributed by atoms with Gasteiger partial charge >= 0.3 is 0 Å². The van der Waals surface area contributed by atoms with Gasteiger partial charge in [0.25, 0.3) is 0 Å². The lowest BCUT2D eigenvalue weighted by molar-refractivity contribution is -0.145. The van der Waals surface area contributed by atoms with E-state index >= 15 is 0 Å². The second-order valence-corrected chi connectivity index (χ2v) is 6.21. The molecule has 5 nitrogen and oxygen atoms in total. The van der Waals surface area contributed by atoms with Crippen LogP contribution in [0.15, 0.2) is 0 Å². The number of ether oxygens (including phenoxy) is 2. The molecule has 1 saturated carbocycles. The maximum Gasteiger partial charge on any atom is 0.246 e. The minimum atomic E-state index is -0.303. The average molecular weight is 256 g/mol. The van der Waals surface area contributed by atoms with Gasteiger partial charge < -0.3 is 20.5 Å². The predicted molar refractivity (Wildman–Crippen MR) is 68.1 cm³/mol. The van der Waals surface area contributed by atoms with Gasteiger partial charge in [-0.2, -0.15) is 0 Å². The van der Waals surface area contributed by atoms with Gasteiger partial charge in [0, 0.05) is 18.6 Å². The zero-order chi connectivity index (χ0) is 13.3. The van der Waals surface area contributed by atoms with Crippen LogP contribution in [0.5, 0.6) is 0 Å². The topological polar surface area (TPSA) is 73.6 Å². The molecule has 4 atom stereocenters. The Kier molecular flexibility index (Phi) is 3.94. The molecule has 2 fully saturated rings. The van der Waals surface area contributed by atoms with Gasteiger partial charge in [-0.25, -0.2) is 0 Å².